The second kappa shape index (κ2) is 36.8. The summed E-state index contributed by atoms with van der Waals surface area (Å²) in [4.78, 5) is 0. The average molecular weight is 377 g/mol. The van der Waals surface area contributed by atoms with E-state index < -0.39 is 0 Å². The molecular weight excluding hydrogens is 353 g/mol. The van der Waals surface area contributed by atoms with E-state index in [9.17, 15) is 0 Å². The second-order valence-electron chi connectivity index (χ2n) is 2.43. The molecule has 0 amide bonds. The molecule has 1 aliphatic rings. The molecule has 0 saturated carbocycles. The standard InChI is InChI=1S/C5H6.3C2H6N.Hf/c1-2-4-5-3-1;3*1-3-2;/h1-4H,5H2;3*1-2H3;/q;3*-1;. The Labute approximate surface area is 115 Å². The van der Waals surface area contributed by atoms with Gasteiger partial charge in [0.2, 0.25) is 0 Å². The minimum Gasteiger partial charge on any atom is -0.668 e. The van der Waals surface area contributed by atoms with Crippen molar-refractivity contribution >= 4 is 0 Å². The smallest absolute Gasteiger partial charge is 0 e. The van der Waals surface area contributed by atoms with E-state index in [4.69, 9.17) is 0 Å². The van der Waals surface area contributed by atoms with Gasteiger partial charge in [-0.3, -0.25) is 0 Å². The first-order valence-electron chi connectivity index (χ1n) is 4.50. The molecule has 3 nitrogen and oxygen atoms in total. The van der Waals surface area contributed by atoms with Crippen molar-refractivity contribution in [3.05, 3.63) is 40.3 Å². The summed E-state index contributed by atoms with van der Waals surface area (Å²) in [5.41, 5.74) is 0. The molecule has 0 saturated heterocycles. The zero-order chi connectivity index (χ0) is 11.7. The Morgan fingerprint density at radius 3 is 0.933 bits per heavy atom. The Morgan fingerprint density at radius 2 is 0.867 bits per heavy atom. The maximum absolute atomic E-state index is 3.50. The molecule has 0 bridgehead atoms. The van der Waals surface area contributed by atoms with Crippen molar-refractivity contribution in [2.75, 3.05) is 42.3 Å². The van der Waals surface area contributed by atoms with Gasteiger partial charge in [0.05, 0.1) is 0 Å². The quantitative estimate of drug-likeness (QED) is 0.582. The first kappa shape index (κ1) is 24.5. The Hall–Kier alpha value is 0.230. The maximum atomic E-state index is 3.50. The minimum absolute atomic E-state index is 0. The fraction of sp³-hybridized carbons (Fsp3) is 0.636. The summed E-state index contributed by atoms with van der Waals surface area (Å²) in [6.07, 6.45) is 9.50. The van der Waals surface area contributed by atoms with E-state index >= 15 is 0 Å². The molecule has 0 unspecified atom stereocenters. The van der Waals surface area contributed by atoms with Crippen LogP contribution >= 0.6 is 0 Å². The zero-order valence-electron chi connectivity index (χ0n) is 10.9. The Bertz CT molecular complexity index is 99.6. The van der Waals surface area contributed by atoms with Gasteiger partial charge >= 0.3 is 0 Å². The summed E-state index contributed by atoms with van der Waals surface area (Å²) in [5.74, 6) is 0. The summed E-state index contributed by atoms with van der Waals surface area (Å²) in [6, 6.07) is 0. The molecule has 0 aliphatic heterocycles. The van der Waals surface area contributed by atoms with E-state index in [0.29, 0.717) is 0 Å². The van der Waals surface area contributed by atoms with Crippen LogP contribution in [0.3, 0.4) is 0 Å². The zero-order valence-corrected chi connectivity index (χ0v) is 14.5. The largest absolute Gasteiger partial charge is 0.668 e. The summed E-state index contributed by atoms with van der Waals surface area (Å²) < 4.78 is 0. The summed E-state index contributed by atoms with van der Waals surface area (Å²) in [5, 5.41) is 10.5. The number of rotatable bonds is 0. The number of allylic oxidation sites excluding steroid dienone is 4. The molecule has 90 valence electrons. The van der Waals surface area contributed by atoms with Crippen molar-refractivity contribution in [3.8, 4) is 0 Å². The third-order valence-corrected chi connectivity index (χ3v) is 0.655. The van der Waals surface area contributed by atoms with Gasteiger partial charge in [0.15, 0.2) is 0 Å². The van der Waals surface area contributed by atoms with Crippen molar-refractivity contribution in [1.82, 2.24) is 0 Å². The minimum atomic E-state index is 0. The van der Waals surface area contributed by atoms with Crippen LogP contribution in [0.25, 0.3) is 16.0 Å². The van der Waals surface area contributed by atoms with Crippen molar-refractivity contribution < 1.29 is 25.8 Å². The van der Waals surface area contributed by atoms with Crippen LogP contribution in [-0.4, -0.2) is 42.3 Å². The molecule has 0 aromatic carbocycles. The van der Waals surface area contributed by atoms with Gasteiger partial charge in [-0.2, -0.15) is 42.3 Å². The Morgan fingerprint density at radius 1 is 0.667 bits per heavy atom. The third kappa shape index (κ3) is 77.8. The van der Waals surface area contributed by atoms with Gasteiger partial charge < -0.3 is 16.0 Å². The van der Waals surface area contributed by atoms with Crippen LogP contribution < -0.4 is 0 Å². The van der Waals surface area contributed by atoms with E-state index in [2.05, 4.69) is 40.3 Å². The molecule has 1 aliphatic carbocycles. The van der Waals surface area contributed by atoms with Crippen molar-refractivity contribution in [1.29, 1.82) is 0 Å². The Kier molecular flexibility index (Phi) is 59.9. The molecule has 4 heteroatoms. The Balaban J connectivity index is -0.0000000550. The molecule has 0 aromatic rings. The predicted molar refractivity (Wildman–Crippen MR) is 68.5 cm³/mol. The van der Waals surface area contributed by atoms with E-state index in [1.54, 1.807) is 42.3 Å². The fourth-order valence-electron chi connectivity index (χ4n) is 0.393. The van der Waals surface area contributed by atoms with Crippen LogP contribution in [0.5, 0.6) is 0 Å². The van der Waals surface area contributed by atoms with Gasteiger partial charge in [-0.05, 0) is 6.42 Å². The van der Waals surface area contributed by atoms with Gasteiger partial charge in [-0.15, -0.1) is 0 Å². The monoisotopic (exact) mass is 378 g/mol. The molecule has 0 N–H and O–H groups in total. The third-order valence-electron chi connectivity index (χ3n) is 0.655. The van der Waals surface area contributed by atoms with Crippen LogP contribution in [0.15, 0.2) is 24.3 Å². The second-order valence-corrected chi connectivity index (χ2v) is 2.43. The molecule has 0 fully saturated rings. The van der Waals surface area contributed by atoms with Crippen LogP contribution in [0.1, 0.15) is 6.42 Å². The topological polar surface area (TPSA) is 42.3 Å². The normalized spacial score (nSPS) is 9.47. The molecular formula is C11H24HfN3-3. The SMILES string of the molecule is C1=CCC=C1.C[N-]C.C[N-]C.C[N-]C.[Hf]. The van der Waals surface area contributed by atoms with Crippen LogP contribution in [0.4, 0.5) is 0 Å². The maximum Gasteiger partial charge on any atom is 0 e. The van der Waals surface area contributed by atoms with Gasteiger partial charge in [-0.25, -0.2) is 0 Å². The van der Waals surface area contributed by atoms with Crippen molar-refractivity contribution in [2.24, 2.45) is 0 Å². The summed E-state index contributed by atoms with van der Waals surface area (Å²) >= 11 is 0. The summed E-state index contributed by atoms with van der Waals surface area (Å²) in [6.45, 7) is 0. The molecule has 0 atom stereocenters. The van der Waals surface area contributed by atoms with E-state index in [1.165, 1.54) is 0 Å². The molecule has 0 spiro atoms. The van der Waals surface area contributed by atoms with Gasteiger partial charge in [0.1, 0.15) is 0 Å². The van der Waals surface area contributed by atoms with E-state index in [1.807, 2.05) is 0 Å². The average Bonchev–Trinajstić information content (AvgIpc) is 2.63. The van der Waals surface area contributed by atoms with E-state index in [0.717, 1.165) is 6.42 Å². The molecule has 1 rings (SSSR count). The van der Waals surface area contributed by atoms with Crippen molar-refractivity contribution in [2.45, 2.75) is 6.42 Å². The number of hydrogen-bond donors (Lipinski definition) is 0. The number of hydrogen-bond acceptors (Lipinski definition) is 0. The molecule has 0 aromatic heterocycles. The van der Waals surface area contributed by atoms with Gasteiger partial charge in [-0.1, -0.05) is 24.3 Å². The van der Waals surface area contributed by atoms with Crippen LogP contribution in [0, 0.1) is 0 Å². The predicted octanol–water partition coefficient (Wildman–Crippen LogP) is 3.36. The van der Waals surface area contributed by atoms with Crippen LogP contribution in [-0.2, 0) is 25.8 Å². The summed E-state index contributed by atoms with van der Waals surface area (Å²) in [7, 11) is 10.5. The van der Waals surface area contributed by atoms with Gasteiger partial charge in [0, 0.05) is 25.8 Å². The molecule has 15 heavy (non-hydrogen) atoms. The first-order valence-corrected chi connectivity index (χ1v) is 4.50. The fourth-order valence-corrected chi connectivity index (χ4v) is 0.393. The van der Waals surface area contributed by atoms with Crippen LogP contribution in [0.2, 0.25) is 0 Å². The van der Waals surface area contributed by atoms with E-state index in [-0.39, 0.29) is 25.8 Å². The number of nitrogens with zero attached hydrogens (tertiary/aromatic N) is 3. The molecule has 0 radical (unpaired) electrons. The van der Waals surface area contributed by atoms with Crippen molar-refractivity contribution in [3.63, 3.8) is 0 Å². The first-order chi connectivity index (χ1) is 6.74. The van der Waals surface area contributed by atoms with Gasteiger partial charge in [0.25, 0.3) is 0 Å². The molecule has 0 heterocycles.